The van der Waals surface area contributed by atoms with E-state index in [0.717, 1.165) is 17.9 Å². The summed E-state index contributed by atoms with van der Waals surface area (Å²) in [6.45, 7) is 4.50. The SMILES string of the molecule is COc1ccc(C(=O)O)cc1NC1CSCCC1(C)C. The monoisotopic (exact) mass is 295 g/mol. The topological polar surface area (TPSA) is 58.6 Å². The summed E-state index contributed by atoms with van der Waals surface area (Å²) < 4.78 is 5.33. The highest BCUT2D eigenvalue weighted by Crippen LogP contribution is 2.37. The number of nitrogens with one attached hydrogen (secondary N) is 1. The summed E-state index contributed by atoms with van der Waals surface area (Å²) in [5, 5.41) is 12.6. The second-order valence-corrected chi connectivity index (χ2v) is 6.88. The van der Waals surface area contributed by atoms with E-state index < -0.39 is 5.97 Å². The molecular formula is C15H21NO3S. The van der Waals surface area contributed by atoms with Crippen molar-refractivity contribution >= 4 is 23.4 Å². The molecule has 0 spiro atoms. The number of ether oxygens (including phenoxy) is 1. The van der Waals surface area contributed by atoms with E-state index >= 15 is 0 Å². The molecule has 2 N–H and O–H groups in total. The van der Waals surface area contributed by atoms with Crippen molar-refractivity contribution in [2.24, 2.45) is 5.41 Å². The Labute approximate surface area is 123 Å². The van der Waals surface area contributed by atoms with Crippen molar-refractivity contribution in [2.45, 2.75) is 26.3 Å². The number of hydrogen-bond acceptors (Lipinski definition) is 4. The predicted molar refractivity (Wildman–Crippen MR) is 83.1 cm³/mol. The maximum Gasteiger partial charge on any atom is 0.335 e. The quantitative estimate of drug-likeness (QED) is 0.892. The van der Waals surface area contributed by atoms with E-state index in [1.807, 2.05) is 11.8 Å². The van der Waals surface area contributed by atoms with Crippen molar-refractivity contribution in [3.63, 3.8) is 0 Å². The Morgan fingerprint density at radius 3 is 2.85 bits per heavy atom. The molecule has 1 fully saturated rings. The van der Waals surface area contributed by atoms with Gasteiger partial charge in [0.25, 0.3) is 0 Å². The average Bonchev–Trinajstić information content (AvgIpc) is 2.41. The van der Waals surface area contributed by atoms with E-state index in [1.54, 1.807) is 25.3 Å². The summed E-state index contributed by atoms with van der Waals surface area (Å²) in [5.41, 5.74) is 1.22. The second-order valence-electron chi connectivity index (χ2n) is 5.73. The van der Waals surface area contributed by atoms with Gasteiger partial charge in [0.05, 0.1) is 18.4 Å². The standard InChI is InChI=1S/C15H21NO3S/c1-15(2)6-7-20-9-13(15)16-11-8-10(14(17)18)4-5-12(11)19-3/h4-5,8,13,16H,6-7,9H2,1-3H3,(H,17,18). The first kappa shape index (κ1) is 15.0. The molecule has 5 heteroatoms. The van der Waals surface area contributed by atoms with Gasteiger partial charge in [-0.15, -0.1) is 0 Å². The molecule has 1 atom stereocenters. The summed E-state index contributed by atoms with van der Waals surface area (Å²) >= 11 is 1.93. The van der Waals surface area contributed by atoms with Crippen molar-refractivity contribution in [3.05, 3.63) is 23.8 Å². The molecule has 0 saturated carbocycles. The Kier molecular flexibility index (Phi) is 4.48. The zero-order valence-electron chi connectivity index (χ0n) is 12.1. The number of thioether (sulfide) groups is 1. The first-order chi connectivity index (χ1) is 9.44. The van der Waals surface area contributed by atoms with Crippen molar-refractivity contribution in [3.8, 4) is 5.75 Å². The van der Waals surface area contributed by atoms with Crippen LogP contribution < -0.4 is 10.1 Å². The largest absolute Gasteiger partial charge is 0.495 e. The zero-order valence-corrected chi connectivity index (χ0v) is 12.9. The summed E-state index contributed by atoms with van der Waals surface area (Å²) in [6, 6.07) is 5.22. The second kappa shape index (κ2) is 5.95. The molecule has 1 aromatic rings. The number of carboxylic acids is 1. The van der Waals surface area contributed by atoms with Crippen LogP contribution in [0.15, 0.2) is 18.2 Å². The molecule has 0 aromatic heterocycles. The molecule has 1 heterocycles. The first-order valence-corrected chi connectivity index (χ1v) is 7.85. The molecule has 110 valence electrons. The molecule has 1 saturated heterocycles. The number of carbonyl (C=O) groups is 1. The van der Waals surface area contributed by atoms with Gasteiger partial charge >= 0.3 is 5.97 Å². The van der Waals surface area contributed by atoms with E-state index in [1.165, 1.54) is 5.75 Å². The Morgan fingerprint density at radius 2 is 2.25 bits per heavy atom. The fourth-order valence-corrected chi connectivity index (χ4v) is 3.92. The van der Waals surface area contributed by atoms with Gasteiger partial charge < -0.3 is 15.2 Å². The predicted octanol–water partition coefficient (Wildman–Crippen LogP) is 3.34. The Morgan fingerprint density at radius 1 is 1.50 bits per heavy atom. The van der Waals surface area contributed by atoms with Crippen LogP contribution in [0.25, 0.3) is 0 Å². The minimum Gasteiger partial charge on any atom is -0.495 e. The highest BCUT2D eigenvalue weighted by Gasteiger charge is 2.33. The molecule has 1 aliphatic rings. The highest BCUT2D eigenvalue weighted by atomic mass is 32.2. The van der Waals surface area contributed by atoms with Crippen LogP contribution in [0.3, 0.4) is 0 Å². The van der Waals surface area contributed by atoms with E-state index in [2.05, 4.69) is 19.2 Å². The minimum atomic E-state index is -0.923. The Balaban J connectivity index is 2.26. The lowest BCUT2D eigenvalue weighted by Crippen LogP contribution is -2.41. The van der Waals surface area contributed by atoms with Gasteiger partial charge in [0.15, 0.2) is 0 Å². The third-order valence-electron chi connectivity index (χ3n) is 3.89. The summed E-state index contributed by atoms with van der Waals surface area (Å²) in [4.78, 5) is 11.1. The van der Waals surface area contributed by atoms with Gasteiger partial charge in [0, 0.05) is 11.8 Å². The van der Waals surface area contributed by atoms with Crippen LogP contribution in [-0.2, 0) is 0 Å². The molecule has 1 aliphatic heterocycles. The molecule has 0 aliphatic carbocycles. The van der Waals surface area contributed by atoms with Crippen molar-refractivity contribution < 1.29 is 14.6 Å². The number of benzene rings is 1. The third kappa shape index (κ3) is 3.20. The molecule has 1 aromatic carbocycles. The maximum atomic E-state index is 11.1. The maximum absolute atomic E-state index is 11.1. The number of hydrogen-bond donors (Lipinski definition) is 2. The van der Waals surface area contributed by atoms with E-state index in [-0.39, 0.29) is 11.0 Å². The molecular weight excluding hydrogens is 274 g/mol. The minimum absolute atomic E-state index is 0.190. The van der Waals surface area contributed by atoms with Crippen LogP contribution in [0, 0.1) is 5.41 Å². The summed E-state index contributed by atoms with van der Waals surface area (Å²) in [5.74, 6) is 1.96. The van der Waals surface area contributed by atoms with Crippen LogP contribution >= 0.6 is 11.8 Å². The highest BCUT2D eigenvalue weighted by molar-refractivity contribution is 7.99. The van der Waals surface area contributed by atoms with E-state index in [9.17, 15) is 4.79 Å². The number of carboxylic acid groups (broad SMARTS) is 1. The summed E-state index contributed by atoms with van der Waals surface area (Å²) in [7, 11) is 1.60. The molecule has 0 amide bonds. The molecule has 4 nitrogen and oxygen atoms in total. The Bertz CT molecular complexity index is 502. The molecule has 20 heavy (non-hydrogen) atoms. The molecule has 1 unspecified atom stereocenters. The number of aromatic carboxylic acids is 1. The van der Waals surface area contributed by atoms with Crippen LogP contribution in [0.2, 0.25) is 0 Å². The lowest BCUT2D eigenvalue weighted by molar-refractivity contribution is 0.0697. The number of methoxy groups -OCH3 is 1. The van der Waals surface area contributed by atoms with Crippen LogP contribution in [0.5, 0.6) is 5.75 Å². The van der Waals surface area contributed by atoms with Crippen molar-refractivity contribution in [1.29, 1.82) is 0 Å². The van der Waals surface area contributed by atoms with E-state index in [4.69, 9.17) is 9.84 Å². The van der Waals surface area contributed by atoms with Gasteiger partial charge in [-0.2, -0.15) is 11.8 Å². The van der Waals surface area contributed by atoms with Gasteiger partial charge in [-0.25, -0.2) is 4.79 Å². The first-order valence-electron chi connectivity index (χ1n) is 6.69. The van der Waals surface area contributed by atoms with Crippen molar-refractivity contribution in [2.75, 3.05) is 23.9 Å². The Hall–Kier alpha value is -1.36. The lowest BCUT2D eigenvalue weighted by atomic mass is 9.82. The average molecular weight is 295 g/mol. The van der Waals surface area contributed by atoms with Gasteiger partial charge in [-0.1, -0.05) is 13.8 Å². The molecule has 0 bridgehead atoms. The number of anilines is 1. The van der Waals surface area contributed by atoms with Gasteiger partial charge in [0.1, 0.15) is 5.75 Å². The molecule has 0 radical (unpaired) electrons. The van der Waals surface area contributed by atoms with Gasteiger partial charge in [0.2, 0.25) is 0 Å². The zero-order chi connectivity index (χ0) is 14.8. The normalized spacial score (nSPS) is 21.2. The van der Waals surface area contributed by atoms with Gasteiger partial charge in [-0.05, 0) is 35.8 Å². The van der Waals surface area contributed by atoms with Crippen molar-refractivity contribution in [1.82, 2.24) is 0 Å². The van der Waals surface area contributed by atoms with Crippen LogP contribution in [0.4, 0.5) is 5.69 Å². The van der Waals surface area contributed by atoms with Crippen LogP contribution in [-0.4, -0.2) is 35.7 Å². The van der Waals surface area contributed by atoms with E-state index in [0.29, 0.717) is 11.8 Å². The lowest BCUT2D eigenvalue weighted by Gasteiger charge is -2.39. The van der Waals surface area contributed by atoms with Gasteiger partial charge in [-0.3, -0.25) is 0 Å². The third-order valence-corrected chi connectivity index (χ3v) is 4.96. The molecule has 2 rings (SSSR count). The van der Waals surface area contributed by atoms with Crippen LogP contribution in [0.1, 0.15) is 30.6 Å². The fourth-order valence-electron chi connectivity index (χ4n) is 2.31. The smallest absolute Gasteiger partial charge is 0.335 e. The summed E-state index contributed by atoms with van der Waals surface area (Å²) in [6.07, 6.45) is 1.15. The fraction of sp³-hybridized carbons (Fsp3) is 0.533. The number of rotatable bonds is 4.